The number of anilines is 1. The second kappa shape index (κ2) is 8.50. The van der Waals surface area contributed by atoms with Crippen LogP contribution in [0.15, 0.2) is 48.5 Å². The fourth-order valence-corrected chi connectivity index (χ4v) is 3.29. The topological polar surface area (TPSA) is 73.2 Å². The van der Waals surface area contributed by atoms with Gasteiger partial charge in [0.15, 0.2) is 0 Å². The van der Waals surface area contributed by atoms with Crippen molar-refractivity contribution in [2.45, 2.75) is 26.2 Å². The first-order valence-electron chi connectivity index (χ1n) is 9.19. The number of likely N-dealkylation sites (tertiary alicyclic amines) is 1. The Bertz CT molecular complexity index is 860. The highest BCUT2D eigenvalue weighted by atomic mass is 16.2. The zero-order valence-electron chi connectivity index (χ0n) is 15.4. The van der Waals surface area contributed by atoms with Crippen molar-refractivity contribution in [1.29, 1.82) is 5.26 Å². The van der Waals surface area contributed by atoms with E-state index in [0.717, 1.165) is 5.56 Å². The summed E-state index contributed by atoms with van der Waals surface area (Å²) in [5.41, 5.74) is 3.35. The molecule has 0 aliphatic carbocycles. The van der Waals surface area contributed by atoms with Crippen molar-refractivity contribution < 1.29 is 9.59 Å². The van der Waals surface area contributed by atoms with Crippen molar-refractivity contribution >= 4 is 17.5 Å². The maximum absolute atomic E-state index is 12.5. The van der Waals surface area contributed by atoms with Gasteiger partial charge in [0, 0.05) is 24.7 Å². The summed E-state index contributed by atoms with van der Waals surface area (Å²) in [5.74, 6) is -0.0469. The monoisotopic (exact) mass is 361 g/mol. The highest BCUT2D eigenvalue weighted by molar-refractivity contribution is 5.93. The standard InChI is InChI=1S/C22H23N3O2/c1-16-5-7-17(8-6-16)14-21(26)25-11-9-19(10-12-25)22(27)24-20-4-2-3-18(13-20)15-23/h2-8,13,19H,9-12,14H2,1H3,(H,24,27). The maximum Gasteiger partial charge on any atom is 0.227 e. The molecular weight excluding hydrogens is 338 g/mol. The van der Waals surface area contributed by atoms with Gasteiger partial charge in [-0.15, -0.1) is 0 Å². The molecule has 1 aliphatic heterocycles. The Morgan fingerprint density at radius 2 is 1.85 bits per heavy atom. The van der Waals surface area contributed by atoms with E-state index < -0.39 is 0 Å². The molecule has 138 valence electrons. The van der Waals surface area contributed by atoms with Gasteiger partial charge in [-0.3, -0.25) is 9.59 Å². The lowest BCUT2D eigenvalue weighted by Gasteiger charge is -2.31. The van der Waals surface area contributed by atoms with Gasteiger partial charge < -0.3 is 10.2 Å². The zero-order chi connectivity index (χ0) is 19.2. The van der Waals surface area contributed by atoms with Gasteiger partial charge in [-0.1, -0.05) is 35.9 Å². The number of nitrogens with zero attached hydrogens (tertiary/aromatic N) is 2. The molecule has 0 atom stereocenters. The minimum Gasteiger partial charge on any atom is -0.342 e. The Morgan fingerprint density at radius 1 is 1.15 bits per heavy atom. The quantitative estimate of drug-likeness (QED) is 0.908. The predicted octanol–water partition coefficient (Wildman–Crippen LogP) is 3.29. The van der Waals surface area contributed by atoms with Crippen LogP contribution >= 0.6 is 0 Å². The molecule has 0 spiro atoms. The number of nitrogens with one attached hydrogen (secondary N) is 1. The molecule has 2 amide bonds. The molecule has 0 bridgehead atoms. The Kier molecular flexibility index (Phi) is 5.87. The van der Waals surface area contributed by atoms with Gasteiger partial charge in [-0.25, -0.2) is 0 Å². The maximum atomic E-state index is 12.5. The first kappa shape index (κ1) is 18.7. The second-order valence-corrected chi connectivity index (χ2v) is 7.00. The van der Waals surface area contributed by atoms with Crippen LogP contribution in [0.2, 0.25) is 0 Å². The first-order valence-corrected chi connectivity index (χ1v) is 9.19. The number of rotatable bonds is 4. The summed E-state index contributed by atoms with van der Waals surface area (Å²) in [7, 11) is 0. The van der Waals surface area contributed by atoms with Crippen molar-refractivity contribution in [3.05, 3.63) is 65.2 Å². The molecule has 27 heavy (non-hydrogen) atoms. The van der Waals surface area contributed by atoms with Crippen LogP contribution in [-0.2, 0) is 16.0 Å². The molecule has 1 N–H and O–H groups in total. The third kappa shape index (κ3) is 4.95. The SMILES string of the molecule is Cc1ccc(CC(=O)N2CCC(C(=O)Nc3cccc(C#N)c3)CC2)cc1. The molecule has 5 nitrogen and oxygen atoms in total. The molecule has 1 heterocycles. The summed E-state index contributed by atoms with van der Waals surface area (Å²) >= 11 is 0. The van der Waals surface area contributed by atoms with Crippen LogP contribution < -0.4 is 5.32 Å². The molecule has 1 fully saturated rings. The van der Waals surface area contributed by atoms with Crippen LogP contribution in [0, 0.1) is 24.2 Å². The van der Waals surface area contributed by atoms with Gasteiger partial charge in [0.05, 0.1) is 18.1 Å². The van der Waals surface area contributed by atoms with Crippen molar-refractivity contribution in [3.8, 4) is 6.07 Å². The molecule has 0 saturated carbocycles. The van der Waals surface area contributed by atoms with Gasteiger partial charge in [0.25, 0.3) is 0 Å². The zero-order valence-corrected chi connectivity index (χ0v) is 15.4. The van der Waals surface area contributed by atoms with Gasteiger partial charge in [0.2, 0.25) is 11.8 Å². The van der Waals surface area contributed by atoms with Crippen LogP contribution in [0.5, 0.6) is 0 Å². The van der Waals surface area contributed by atoms with E-state index in [1.54, 1.807) is 24.3 Å². The fourth-order valence-electron chi connectivity index (χ4n) is 3.29. The van der Waals surface area contributed by atoms with Crippen molar-refractivity contribution in [2.24, 2.45) is 5.92 Å². The lowest BCUT2D eigenvalue weighted by Crippen LogP contribution is -2.42. The molecule has 2 aromatic carbocycles. The third-order valence-electron chi connectivity index (χ3n) is 4.95. The minimum absolute atomic E-state index is 0.0456. The number of carbonyl (C=O) groups is 2. The molecular formula is C22H23N3O2. The molecule has 3 rings (SSSR count). The lowest BCUT2D eigenvalue weighted by molar-refractivity contribution is -0.133. The molecule has 0 unspecified atom stereocenters. The van der Waals surface area contributed by atoms with Crippen molar-refractivity contribution in [1.82, 2.24) is 4.90 Å². The highest BCUT2D eigenvalue weighted by Crippen LogP contribution is 2.21. The number of benzene rings is 2. The Morgan fingerprint density at radius 3 is 2.52 bits per heavy atom. The number of amides is 2. The summed E-state index contributed by atoms with van der Waals surface area (Å²) in [4.78, 5) is 26.8. The normalized spacial score (nSPS) is 14.4. The van der Waals surface area contributed by atoms with Crippen molar-refractivity contribution in [3.63, 3.8) is 0 Å². The Hall–Kier alpha value is -3.13. The van der Waals surface area contributed by atoms with Crippen LogP contribution in [0.25, 0.3) is 0 Å². The van der Waals surface area contributed by atoms with Crippen molar-refractivity contribution in [2.75, 3.05) is 18.4 Å². The molecule has 2 aromatic rings. The third-order valence-corrected chi connectivity index (χ3v) is 4.95. The van der Waals surface area contributed by atoms with Gasteiger partial charge in [-0.2, -0.15) is 5.26 Å². The van der Waals surface area contributed by atoms with E-state index in [9.17, 15) is 9.59 Å². The van der Waals surface area contributed by atoms with E-state index in [4.69, 9.17) is 5.26 Å². The van der Waals surface area contributed by atoms with E-state index in [0.29, 0.717) is 43.6 Å². The average Bonchev–Trinajstić information content (AvgIpc) is 2.70. The average molecular weight is 361 g/mol. The molecule has 0 aromatic heterocycles. The second-order valence-electron chi connectivity index (χ2n) is 7.00. The van der Waals surface area contributed by atoms with Crippen LogP contribution in [-0.4, -0.2) is 29.8 Å². The number of hydrogen-bond acceptors (Lipinski definition) is 3. The van der Waals surface area contributed by atoms with E-state index in [-0.39, 0.29) is 17.7 Å². The first-order chi connectivity index (χ1) is 13.0. The summed E-state index contributed by atoms with van der Waals surface area (Å²) in [6.07, 6.45) is 1.71. The van der Waals surface area contributed by atoms with Gasteiger partial charge in [-0.05, 0) is 43.5 Å². The largest absolute Gasteiger partial charge is 0.342 e. The molecule has 0 radical (unpaired) electrons. The number of carbonyl (C=O) groups excluding carboxylic acids is 2. The van der Waals surface area contributed by atoms with Gasteiger partial charge >= 0.3 is 0 Å². The molecule has 1 aliphatic rings. The smallest absolute Gasteiger partial charge is 0.227 e. The number of aryl methyl sites for hydroxylation is 1. The molecule has 5 heteroatoms. The Labute approximate surface area is 159 Å². The van der Waals surface area contributed by atoms with E-state index in [2.05, 4.69) is 11.4 Å². The summed E-state index contributed by atoms with van der Waals surface area (Å²) in [6, 6.07) is 17.0. The summed E-state index contributed by atoms with van der Waals surface area (Å²) < 4.78 is 0. The number of nitriles is 1. The van der Waals surface area contributed by atoms with Gasteiger partial charge in [0.1, 0.15) is 0 Å². The van der Waals surface area contributed by atoms with E-state index >= 15 is 0 Å². The summed E-state index contributed by atoms with van der Waals surface area (Å²) in [5, 5.41) is 11.8. The number of hydrogen-bond donors (Lipinski definition) is 1. The number of piperidine rings is 1. The minimum atomic E-state index is -0.112. The van der Waals surface area contributed by atoms with Crippen LogP contribution in [0.3, 0.4) is 0 Å². The Balaban J connectivity index is 1.50. The lowest BCUT2D eigenvalue weighted by atomic mass is 9.95. The summed E-state index contributed by atoms with van der Waals surface area (Å²) in [6.45, 7) is 3.22. The predicted molar refractivity (Wildman–Crippen MR) is 104 cm³/mol. The fraction of sp³-hybridized carbons (Fsp3) is 0.318. The highest BCUT2D eigenvalue weighted by Gasteiger charge is 2.27. The van der Waals surface area contributed by atoms with E-state index in [1.807, 2.05) is 36.1 Å². The molecule has 1 saturated heterocycles. The van der Waals surface area contributed by atoms with Crippen LogP contribution in [0.1, 0.15) is 29.5 Å². The van der Waals surface area contributed by atoms with Crippen LogP contribution in [0.4, 0.5) is 5.69 Å². The van der Waals surface area contributed by atoms with E-state index in [1.165, 1.54) is 5.56 Å².